The van der Waals surface area contributed by atoms with Crippen molar-refractivity contribution in [3.63, 3.8) is 0 Å². The minimum atomic E-state index is 0.0878. The summed E-state index contributed by atoms with van der Waals surface area (Å²) in [5.41, 5.74) is 2.77. The first-order valence-corrected chi connectivity index (χ1v) is 12.0. The normalized spacial score (nSPS) is 14.6. The van der Waals surface area contributed by atoms with E-state index in [2.05, 4.69) is 20.1 Å². The Morgan fingerprint density at radius 2 is 1.94 bits per heavy atom. The number of thiophene rings is 1. The van der Waals surface area contributed by atoms with Crippen molar-refractivity contribution in [1.82, 2.24) is 29.7 Å². The monoisotopic (exact) mass is 462 g/mol. The first-order valence-electron chi connectivity index (χ1n) is 11.2. The topological polar surface area (TPSA) is 80.3 Å². The summed E-state index contributed by atoms with van der Waals surface area (Å²) in [6.45, 7) is 6.19. The van der Waals surface area contributed by atoms with Crippen LogP contribution >= 0.6 is 11.3 Å². The Kier molecular flexibility index (Phi) is 6.32. The highest BCUT2D eigenvalue weighted by molar-refractivity contribution is 7.13. The van der Waals surface area contributed by atoms with Gasteiger partial charge in [0.25, 0.3) is 5.91 Å². The quantitative estimate of drug-likeness (QED) is 0.417. The van der Waals surface area contributed by atoms with Crippen LogP contribution in [0.15, 0.2) is 58.7 Å². The van der Waals surface area contributed by atoms with Crippen LogP contribution in [0.4, 0.5) is 0 Å². The number of aromatic nitrogens is 4. The van der Waals surface area contributed by atoms with E-state index in [1.165, 1.54) is 0 Å². The summed E-state index contributed by atoms with van der Waals surface area (Å²) in [5.74, 6) is 1.44. The number of nitrogens with zero attached hydrogens (tertiary/aromatic N) is 6. The maximum atomic E-state index is 12.9. The standard InChI is InChI=1S/C24H26N6O2S/c1-18-16-25-30(17-18)20-8-6-19(7-9-20)24(31)29-13-11-28(12-14-29)10-2-5-22-26-23(27-32-22)21-4-3-15-33-21/h3-4,6-9,15-17H,2,5,10-14H2,1H3. The van der Waals surface area contributed by atoms with Gasteiger partial charge in [0, 0.05) is 44.4 Å². The second-order valence-electron chi connectivity index (χ2n) is 8.24. The Bertz CT molecular complexity index is 1190. The molecule has 9 heteroatoms. The van der Waals surface area contributed by atoms with Crippen molar-refractivity contribution in [2.24, 2.45) is 0 Å². The highest BCUT2D eigenvalue weighted by Gasteiger charge is 2.22. The first kappa shape index (κ1) is 21.5. The molecule has 1 aliphatic rings. The lowest BCUT2D eigenvalue weighted by Crippen LogP contribution is -2.48. The van der Waals surface area contributed by atoms with Crippen molar-refractivity contribution in [1.29, 1.82) is 0 Å². The third-order valence-electron chi connectivity index (χ3n) is 5.82. The SMILES string of the molecule is Cc1cnn(-c2ccc(C(=O)N3CCN(CCCc4nc(-c5cccs5)no4)CC3)cc2)c1. The van der Waals surface area contributed by atoms with Crippen LogP contribution < -0.4 is 0 Å². The molecule has 0 radical (unpaired) electrons. The molecule has 0 atom stereocenters. The van der Waals surface area contributed by atoms with Gasteiger partial charge in [-0.2, -0.15) is 10.1 Å². The fourth-order valence-corrected chi connectivity index (χ4v) is 4.63. The van der Waals surface area contributed by atoms with Gasteiger partial charge in [-0.15, -0.1) is 11.3 Å². The van der Waals surface area contributed by atoms with Crippen molar-refractivity contribution < 1.29 is 9.32 Å². The van der Waals surface area contributed by atoms with Gasteiger partial charge in [0.2, 0.25) is 11.7 Å². The Balaban J connectivity index is 1.07. The molecule has 1 aromatic carbocycles. The molecule has 33 heavy (non-hydrogen) atoms. The van der Waals surface area contributed by atoms with E-state index in [1.54, 1.807) is 11.3 Å². The number of hydrogen-bond acceptors (Lipinski definition) is 7. The van der Waals surface area contributed by atoms with Crippen molar-refractivity contribution in [2.45, 2.75) is 19.8 Å². The average molecular weight is 463 g/mol. The third-order valence-corrected chi connectivity index (χ3v) is 6.69. The maximum absolute atomic E-state index is 12.9. The van der Waals surface area contributed by atoms with Crippen molar-refractivity contribution in [3.05, 3.63) is 71.2 Å². The third kappa shape index (κ3) is 5.04. The fourth-order valence-electron chi connectivity index (χ4n) is 3.98. The molecule has 4 heterocycles. The smallest absolute Gasteiger partial charge is 0.253 e. The van der Waals surface area contributed by atoms with Crippen LogP contribution in [0, 0.1) is 6.92 Å². The molecule has 0 bridgehead atoms. The van der Waals surface area contributed by atoms with Gasteiger partial charge in [0.15, 0.2) is 0 Å². The van der Waals surface area contributed by atoms with E-state index in [4.69, 9.17) is 4.52 Å². The van der Waals surface area contributed by atoms with Crippen LogP contribution in [0.2, 0.25) is 0 Å². The van der Waals surface area contributed by atoms with Crippen molar-refractivity contribution in [3.8, 4) is 16.4 Å². The van der Waals surface area contributed by atoms with E-state index in [-0.39, 0.29) is 5.91 Å². The van der Waals surface area contributed by atoms with Gasteiger partial charge in [-0.1, -0.05) is 11.2 Å². The molecule has 0 unspecified atom stereocenters. The lowest BCUT2D eigenvalue weighted by atomic mass is 10.1. The molecule has 3 aromatic heterocycles. The summed E-state index contributed by atoms with van der Waals surface area (Å²) in [6.07, 6.45) is 5.51. The molecular weight excluding hydrogens is 436 g/mol. The number of hydrogen-bond donors (Lipinski definition) is 0. The largest absolute Gasteiger partial charge is 0.339 e. The predicted octanol–water partition coefficient (Wildman–Crippen LogP) is 3.68. The van der Waals surface area contributed by atoms with E-state index in [0.717, 1.165) is 61.7 Å². The molecule has 0 aliphatic carbocycles. The Labute approximate surface area is 196 Å². The molecule has 1 fully saturated rings. The summed E-state index contributed by atoms with van der Waals surface area (Å²) in [4.78, 5) is 22.8. The summed E-state index contributed by atoms with van der Waals surface area (Å²) in [6, 6.07) is 11.6. The molecule has 4 aromatic rings. The molecule has 1 saturated heterocycles. The summed E-state index contributed by atoms with van der Waals surface area (Å²) >= 11 is 1.61. The number of aryl methyl sites for hydroxylation is 2. The summed E-state index contributed by atoms with van der Waals surface area (Å²) < 4.78 is 7.20. The van der Waals surface area contributed by atoms with Gasteiger partial charge in [-0.05, 0) is 61.2 Å². The van der Waals surface area contributed by atoms with E-state index < -0.39 is 0 Å². The molecular formula is C24H26N6O2S. The summed E-state index contributed by atoms with van der Waals surface area (Å²) in [5, 5.41) is 10.4. The van der Waals surface area contributed by atoms with Crippen LogP contribution in [-0.4, -0.2) is 68.4 Å². The number of carbonyl (C=O) groups is 1. The molecule has 5 rings (SSSR count). The minimum absolute atomic E-state index is 0.0878. The van der Waals surface area contributed by atoms with Crippen molar-refractivity contribution >= 4 is 17.2 Å². The zero-order chi connectivity index (χ0) is 22.6. The Morgan fingerprint density at radius 1 is 1.12 bits per heavy atom. The average Bonchev–Trinajstić information content (AvgIpc) is 3.61. The second-order valence-corrected chi connectivity index (χ2v) is 9.18. The van der Waals surface area contributed by atoms with Gasteiger partial charge in [-0.3, -0.25) is 9.69 Å². The van der Waals surface area contributed by atoms with Crippen LogP contribution in [-0.2, 0) is 6.42 Å². The summed E-state index contributed by atoms with van der Waals surface area (Å²) in [7, 11) is 0. The van der Waals surface area contributed by atoms with Gasteiger partial charge >= 0.3 is 0 Å². The van der Waals surface area contributed by atoms with Crippen LogP contribution in [0.3, 0.4) is 0 Å². The van der Waals surface area contributed by atoms with Gasteiger partial charge in [0.05, 0.1) is 16.8 Å². The van der Waals surface area contributed by atoms with Crippen LogP contribution in [0.25, 0.3) is 16.4 Å². The molecule has 170 valence electrons. The van der Waals surface area contributed by atoms with E-state index in [1.807, 2.05) is 70.7 Å². The van der Waals surface area contributed by atoms with Crippen LogP contribution in [0.1, 0.15) is 28.2 Å². The number of rotatable bonds is 7. The highest BCUT2D eigenvalue weighted by Crippen LogP contribution is 2.21. The maximum Gasteiger partial charge on any atom is 0.253 e. The fraction of sp³-hybridized carbons (Fsp3) is 0.333. The van der Waals surface area contributed by atoms with Gasteiger partial charge in [-0.25, -0.2) is 4.68 Å². The number of amides is 1. The zero-order valence-corrected chi connectivity index (χ0v) is 19.4. The molecule has 1 aliphatic heterocycles. The van der Waals surface area contributed by atoms with Gasteiger partial charge < -0.3 is 9.42 Å². The minimum Gasteiger partial charge on any atom is -0.339 e. The second kappa shape index (κ2) is 9.68. The van der Waals surface area contributed by atoms with E-state index >= 15 is 0 Å². The molecule has 1 amide bonds. The first-order chi connectivity index (χ1) is 16.2. The molecule has 0 spiro atoms. The number of piperazine rings is 1. The van der Waals surface area contributed by atoms with E-state index in [9.17, 15) is 4.79 Å². The number of carbonyl (C=O) groups excluding carboxylic acids is 1. The van der Waals surface area contributed by atoms with Crippen molar-refractivity contribution in [2.75, 3.05) is 32.7 Å². The van der Waals surface area contributed by atoms with Crippen LogP contribution in [0.5, 0.6) is 0 Å². The molecule has 0 N–H and O–H groups in total. The zero-order valence-electron chi connectivity index (χ0n) is 18.6. The lowest BCUT2D eigenvalue weighted by Gasteiger charge is -2.34. The molecule has 8 nitrogen and oxygen atoms in total. The lowest BCUT2D eigenvalue weighted by molar-refractivity contribution is 0.0635. The highest BCUT2D eigenvalue weighted by atomic mass is 32.1. The Morgan fingerprint density at radius 3 is 2.64 bits per heavy atom. The van der Waals surface area contributed by atoms with E-state index in [0.29, 0.717) is 17.3 Å². The molecule has 0 saturated carbocycles. The van der Waals surface area contributed by atoms with Gasteiger partial charge in [0.1, 0.15) is 0 Å². The number of benzene rings is 1. The predicted molar refractivity (Wildman–Crippen MR) is 127 cm³/mol. The Hall–Kier alpha value is -3.30.